The summed E-state index contributed by atoms with van der Waals surface area (Å²) in [5.74, 6) is 0.891. The second-order valence-electron chi connectivity index (χ2n) is 2.91. The van der Waals surface area contributed by atoms with Gasteiger partial charge in [0, 0.05) is 25.6 Å². The van der Waals surface area contributed by atoms with E-state index in [1.54, 1.807) is 0 Å². The maximum atomic E-state index is 10.3. The van der Waals surface area contributed by atoms with Gasteiger partial charge in [0.2, 0.25) is 0 Å². The van der Waals surface area contributed by atoms with Gasteiger partial charge in [0.25, 0.3) is 0 Å². The topological polar surface area (TPSA) is 46.1 Å². The summed E-state index contributed by atoms with van der Waals surface area (Å²) in [6.45, 7) is 5.97. The standard InChI is InChI=1S/C10H15N3O/c1-3-13(4-2)10-7-9(5-6-14)11-8-12-10/h6-8H,3-5H2,1-2H3. The van der Waals surface area contributed by atoms with E-state index >= 15 is 0 Å². The molecule has 1 aromatic rings. The van der Waals surface area contributed by atoms with Crippen LogP contribution in [0.2, 0.25) is 0 Å². The van der Waals surface area contributed by atoms with E-state index < -0.39 is 0 Å². The van der Waals surface area contributed by atoms with Crippen molar-refractivity contribution in [3.05, 3.63) is 18.1 Å². The van der Waals surface area contributed by atoms with Crippen molar-refractivity contribution >= 4 is 12.1 Å². The van der Waals surface area contributed by atoms with Crippen LogP contribution in [0.25, 0.3) is 0 Å². The smallest absolute Gasteiger partial charge is 0.132 e. The van der Waals surface area contributed by atoms with Crippen molar-refractivity contribution in [2.45, 2.75) is 20.3 Å². The van der Waals surface area contributed by atoms with Crippen LogP contribution in [0.3, 0.4) is 0 Å². The van der Waals surface area contributed by atoms with E-state index in [1.165, 1.54) is 6.33 Å². The number of carbonyl (C=O) groups excluding carboxylic acids is 1. The van der Waals surface area contributed by atoms with Crippen LogP contribution in [-0.2, 0) is 11.2 Å². The summed E-state index contributed by atoms with van der Waals surface area (Å²) in [5.41, 5.74) is 0.775. The van der Waals surface area contributed by atoms with Crippen LogP contribution < -0.4 is 4.90 Å². The molecule has 0 unspecified atom stereocenters. The number of anilines is 1. The van der Waals surface area contributed by atoms with Gasteiger partial charge in [0.1, 0.15) is 18.4 Å². The van der Waals surface area contributed by atoms with Crippen LogP contribution in [0.4, 0.5) is 5.82 Å². The predicted octanol–water partition coefficient (Wildman–Crippen LogP) is 1.06. The van der Waals surface area contributed by atoms with E-state index in [0.717, 1.165) is 30.9 Å². The molecule has 4 heteroatoms. The molecule has 4 nitrogen and oxygen atoms in total. The molecule has 1 rings (SSSR count). The normalized spacial score (nSPS) is 9.86. The van der Waals surface area contributed by atoms with Crippen LogP contribution in [-0.4, -0.2) is 29.3 Å². The molecule has 0 aliphatic carbocycles. The minimum atomic E-state index is 0.358. The first kappa shape index (κ1) is 10.6. The highest BCUT2D eigenvalue weighted by molar-refractivity contribution is 5.54. The Morgan fingerprint density at radius 2 is 2.07 bits per heavy atom. The van der Waals surface area contributed by atoms with Gasteiger partial charge in [-0.05, 0) is 13.8 Å². The first-order chi connectivity index (χ1) is 6.81. The number of aromatic nitrogens is 2. The molecule has 0 aliphatic rings. The van der Waals surface area contributed by atoms with Gasteiger partial charge in [-0.3, -0.25) is 0 Å². The lowest BCUT2D eigenvalue weighted by Gasteiger charge is -2.19. The second kappa shape index (κ2) is 5.32. The van der Waals surface area contributed by atoms with E-state index in [1.807, 2.05) is 6.07 Å². The molecule has 0 fully saturated rings. The molecule has 0 radical (unpaired) electrons. The molecule has 1 heterocycles. The van der Waals surface area contributed by atoms with Gasteiger partial charge in [0.05, 0.1) is 5.69 Å². The van der Waals surface area contributed by atoms with Crippen LogP contribution in [0.5, 0.6) is 0 Å². The number of hydrogen-bond donors (Lipinski definition) is 0. The predicted molar refractivity (Wildman–Crippen MR) is 55.4 cm³/mol. The zero-order valence-electron chi connectivity index (χ0n) is 8.60. The molecule has 76 valence electrons. The monoisotopic (exact) mass is 193 g/mol. The summed E-state index contributed by atoms with van der Waals surface area (Å²) in [6.07, 6.45) is 2.72. The van der Waals surface area contributed by atoms with Gasteiger partial charge in [-0.2, -0.15) is 0 Å². The van der Waals surface area contributed by atoms with Crippen LogP contribution >= 0.6 is 0 Å². The number of rotatable bonds is 5. The average Bonchev–Trinajstić information content (AvgIpc) is 2.21. The van der Waals surface area contributed by atoms with Crippen molar-refractivity contribution in [1.82, 2.24) is 9.97 Å². The third kappa shape index (κ3) is 2.52. The number of aldehydes is 1. The molecular weight excluding hydrogens is 178 g/mol. The largest absolute Gasteiger partial charge is 0.357 e. The lowest BCUT2D eigenvalue weighted by Crippen LogP contribution is -2.23. The lowest BCUT2D eigenvalue weighted by molar-refractivity contribution is -0.107. The van der Waals surface area contributed by atoms with Crippen molar-refractivity contribution in [3.8, 4) is 0 Å². The Morgan fingerprint density at radius 3 is 2.64 bits per heavy atom. The average molecular weight is 193 g/mol. The zero-order valence-corrected chi connectivity index (χ0v) is 8.60. The molecule has 0 N–H and O–H groups in total. The van der Waals surface area contributed by atoms with E-state index in [4.69, 9.17) is 0 Å². The molecule has 0 atom stereocenters. The maximum Gasteiger partial charge on any atom is 0.132 e. The van der Waals surface area contributed by atoms with Gasteiger partial charge < -0.3 is 9.69 Å². The molecule has 1 aromatic heterocycles. The Morgan fingerprint density at radius 1 is 1.36 bits per heavy atom. The summed E-state index contributed by atoms with van der Waals surface area (Å²) < 4.78 is 0. The Bertz CT molecular complexity index is 297. The fraction of sp³-hybridized carbons (Fsp3) is 0.500. The third-order valence-corrected chi connectivity index (χ3v) is 2.09. The Balaban J connectivity index is 2.86. The molecule has 0 bridgehead atoms. The van der Waals surface area contributed by atoms with Crippen molar-refractivity contribution in [3.63, 3.8) is 0 Å². The molecule has 14 heavy (non-hydrogen) atoms. The summed E-state index contributed by atoms with van der Waals surface area (Å²) >= 11 is 0. The van der Waals surface area contributed by atoms with Gasteiger partial charge in [-0.15, -0.1) is 0 Å². The Hall–Kier alpha value is -1.45. The molecule has 0 aliphatic heterocycles. The third-order valence-electron chi connectivity index (χ3n) is 2.09. The molecule has 0 spiro atoms. The minimum absolute atomic E-state index is 0.358. The molecule has 0 saturated carbocycles. The molecular formula is C10H15N3O. The molecule has 0 amide bonds. The van der Waals surface area contributed by atoms with Crippen LogP contribution in [0.15, 0.2) is 12.4 Å². The van der Waals surface area contributed by atoms with E-state index in [0.29, 0.717) is 6.42 Å². The Kier molecular flexibility index (Phi) is 4.04. The first-order valence-corrected chi connectivity index (χ1v) is 4.81. The summed E-state index contributed by atoms with van der Waals surface area (Å²) in [4.78, 5) is 20.6. The SMILES string of the molecule is CCN(CC)c1cc(CC=O)ncn1. The molecule has 0 aromatic carbocycles. The van der Waals surface area contributed by atoms with E-state index in [9.17, 15) is 4.79 Å². The maximum absolute atomic E-state index is 10.3. The summed E-state index contributed by atoms with van der Waals surface area (Å²) in [6, 6.07) is 1.86. The van der Waals surface area contributed by atoms with E-state index in [2.05, 4.69) is 28.7 Å². The van der Waals surface area contributed by atoms with Crippen LogP contribution in [0, 0.1) is 0 Å². The van der Waals surface area contributed by atoms with Gasteiger partial charge in [-0.1, -0.05) is 0 Å². The first-order valence-electron chi connectivity index (χ1n) is 4.81. The Labute approximate surface area is 84.0 Å². The highest BCUT2D eigenvalue weighted by Gasteiger charge is 2.04. The quantitative estimate of drug-likeness (QED) is 0.656. The fourth-order valence-electron chi connectivity index (χ4n) is 1.30. The highest BCUT2D eigenvalue weighted by Crippen LogP contribution is 2.09. The van der Waals surface area contributed by atoms with Crippen LogP contribution in [0.1, 0.15) is 19.5 Å². The van der Waals surface area contributed by atoms with Gasteiger partial charge in [-0.25, -0.2) is 9.97 Å². The van der Waals surface area contributed by atoms with Crippen molar-refractivity contribution < 1.29 is 4.79 Å². The van der Waals surface area contributed by atoms with Crippen molar-refractivity contribution in [2.24, 2.45) is 0 Å². The van der Waals surface area contributed by atoms with Gasteiger partial charge >= 0.3 is 0 Å². The number of hydrogen-bond acceptors (Lipinski definition) is 4. The van der Waals surface area contributed by atoms with Gasteiger partial charge in [0.15, 0.2) is 0 Å². The summed E-state index contributed by atoms with van der Waals surface area (Å²) in [5, 5.41) is 0. The highest BCUT2D eigenvalue weighted by atomic mass is 16.1. The minimum Gasteiger partial charge on any atom is -0.357 e. The number of carbonyl (C=O) groups is 1. The molecule has 0 saturated heterocycles. The number of nitrogens with zero attached hydrogens (tertiary/aromatic N) is 3. The second-order valence-corrected chi connectivity index (χ2v) is 2.91. The van der Waals surface area contributed by atoms with Crippen molar-refractivity contribution in [1.29, 1.82) is 0 Å². The zero-order chi connectivity index (χ0) is 10.4. The lowest BCUT2D eigenvalue weighted by atomic mass is 10.3. The fourth-order valence-corrected chi connectivity index (χ4v) is 1.30. The van der Waals surface area contributed by atoms with E-state index in [-0.39, 0.29) is 0 Å². The van der Waals surface area contributed by atoms with Crippen molar-refractivity contribution in [2.75, 3.05) is 18.0 Å². The summed E-state index contributed by atoms with van der Waals surface area (Å²) in [7, 11) is 0.